The van der Waals surface area contributed by atoms with Crippen molar-refractivity contribution in [2.45, 2.75) is 45.7 Å². The second-order valence-corrected chi connectivity index (χ2v) is 6.90. The van der Waals surface area contributed by atoms with E-state index in [4.69, 9.17) is 0 Å². The van der Waals surface area contributed by atoms with E-state index in [0.29, 0.717) is 11.5 Å². The van der Waals surface area contributed by atoms with Crippen molar-refractivity contribution in [3.05, 3.63) is 35.4 Å². The molecule has 2 heteroatoms. The number of rotatable bonds is 1. The van der Waals surface area contributed by atoms with E-state index in [1.165, 1.54) is 37.9 Å². The second kappa shape index (κ2) is 5.26. The van der Waals surface area contributed by atoms with Crippen LogP contribution in [0.15, 0.2) is 24.3 Å². The molecule has 2 aliphatic heterocycles. The highest BCUT2D eigenvalue weighted by Gasteiger charge is 2.29. The molecule has 1 saturated heterocycles. The molecule has 1 fully saturated rings. The van der Waals surface area contributed by atoms with Crippen LogP contribution in [0.2, 0.25) is 0 Å². The van der Waals surface area contributed by atoms with Gasteiger partial charge in [0.2, 0.25) is 0 Å². The Kier molecular flexibility index (Phi) is 3.64. The van der Waals surface area contributed by atoms with Crippen LogP contribution in [0.5, 0.6) is 0 Å². The van der Waals surface area contributed by atoms with Gasteiger partial charge in [-0.2, -0.15) is 0 Å². The Hall–Kier alpha value is -0.860. The zero-order valence-corrected chi connectivity index (χ0v) is 12.3. The molecule has 19 heavy (non-hydrogen) atoms. The van der Waals surface area contributed by atoms with Crippen molar-refractivity contribution in [1.82, 2.24) is 10.2 Å². The first-order valence-electron chi connectivity index (χ1n) is 7.68. The highest BCUT2D eigenvalue weighted by molar-refractivity contribution is 5.32. The zero-order chi connectivity index (χ0) is 13.3. The Morgan fingerprint density at radius 3 is 2.89 bits per heavy atom. The summed E-state index contributed by atoms with van der Waals surface area (Å²) >= 11 is 0. The molecule has 1 atom stereocenters. The van der Waals surface area contributed by atoms with Gasteiger partial charge in [0.15, 0.2) is 0 Å². The highest BCUT2D eigenvalue weighted by Crippen LogP contribution is 2.34. The summed E-state index contributed by atoms with van der Waals surface area (Å²) < 4.78 is 0. The Labute approximate surface area is 117 Å². The third kappa shape index (κ3) is 2.85. The van der Waals surface area contributed by atoms with Gasteiger partial charge in [-0.25, -0.2) is 0 Å². The normalized spacial score (nSPS) is 27.6. The van der Waals surface area contributed by atoms with Crippen molar-refractivity contribution in [1.29, 1.82) is 0 Å². The maximum Gasteiger partial charge on any atom is 0.0476 e. The molecule has 1 N–H and O–H groups in total. The van der Waals surface area contributed by atoms with Gasteiger partial charge in [0.25, 0.3) is 0 Å². The summed E-state index contributed by atoms with van der Waals surface area (Å²) in [6.07, 6.45) is 4.03. The topological polar surface area (TPSA) is 15.3 Å². The van der Waals surface area contributed by atoms with Crippen LogP contribution in [-0.2, 0) is 6.54 Å². The Morgan fingerprint density at radius 2 is 2.00 bits per heavy atom. The molecule has 0 aromatic heterocycles. The fraction of sp³-hybridized carbons (Fsp3) is 0.647. The van der Waals surface area contributed by atoms with E-state index in [9.17, 15) is 0 Å². The number of fused-ring (bicyclic) bond motifs is 1. The van der Waals surface area contributed by atoms with Gasteiger partial charge >= 0.3 is 0 Å². The predicted octanol–water partition coefficient (Wildman–Crippen LogP) is 3.34. The quantitative estimate of drug-likeness (QED) is 0.831. The summed E-state index contributed by atoms with van der Waals surface area (Å²) in [5.41, 5.74) is 3.57. The van der Waals surface area contributed by atoms with E-state index in [2.05, 4.69) is 48.3 Å². The smallest absolute Gasteiger partial charge is 0.0476 e. The van der Waals surface area contributed by atoms with Gasteiger partial charge in [-0.3, -0.25) is 4.90 Å². The molecule has 0 bridgehead atoms. The van der Waals surface area contributed by atoms with E-state index >= 15 is 0 Å². The number of nitrogens with zero attached hydrogens (tertiary/aromatic N) is 1. The van der Waals surface area contributed by atoms with Crippen LogP contribution in [0, 0.1) is 5.41 Å². The first kappa shape index (κ1) is 13.1. The minimum absolute atomic E-state index is 0.524. The lowest BCUT2D eigenvalue weighted by molar-refractivity contribution is 0.184. The SMILES string of the molecule is CC1(C)CCCN(C2CNCc3ccccc32)CC1. The average molecular weight is 258 g/mol. The fourth-order valence-corrected chi connectivity index (χ4v) is 3.56. The van der Waals surface area contributed by atoms with Crippen molar-refractivity contribution in [2.24, 2.45) is 5.41 Å². The molecule has 0 saturated carbocycles. The molecule has 1 aromatic rings. The van der Waals surface area contributed by atoms with E-state index in [1.807, 2.05) is 0 Å². The zero-order valence-electron chi connectivity index (χ0n) is 12.3. The Bertz CT molecular complexity index is 439. The molecular formula is C17H26N2. The molecule has 0 amide bonds. The van der Waals surface area contributed by atoms with Crippen LogP contribution in [0.3, 0.4) is 0 Å². The number of nitrogens with one attached hydrogen (secondary N) is 1. The Balaban J connectivity index is 1.80. The van der Waals surface area contributed by atoms with Crippen LogP contribution in [0.4, 0.5) is 0 Å². The lowest BCUT2D eigenvalue weighted by Gasteiger charge is -2.36. The first-order chi connectivity index (χ1) is 9.16. The second-order valence-electron chi connectivity index (χ2n) is 6.90. The van der Waals surface area contributed by atoms with Crippen molar-refractivity contribution in [2.75, 3.05) is 19.6 Å². The minimum atomic E-state index is 0.524. The molecular weight excluding hydrogens is 232 g/mol. The minimum Gasteiger partial charge on any atom is -0.311 e. The van der Waals surface area contributed by atoms with E-state index in [-0.39, 0.29) is 0 Å². The standard InChI is InChI=1S/C17H26N2/c1-17(2)8-5-10-19(11-9-17)16-13-18-12-14-6-3-4-7-15(14)16/h3-4,6-7,16,18H,5,8-13H2,1-2H3. The summed E-state index contributed by atoms with van der Waals surface area (Å²) in [4.78, 5) is 2.71. The van der Waals surface area contributed by atoms with Gasteiger partial charge < -0.3 is 5.32 Å². The molecule has 2 aliphatic rings. The summed E-state index contributed by atoms with van der Waals surface area (Å²) in [6.45, 7) is 9.48. The van der Waals surface area contributed by atoms with E-state index in [0.717, 1.165) is 13.1 Å². The molecule has 0 radical (unpaired) electrons. The number of hydrogen-bond donors (Lipinski definition) is 1. The van der Waals surface area contributed by atoms with Crippen molar-refractivity contribution < 1.29 is 0 Å². The third-order valence-electron chi connectivity index (χ3n) is 4.88. The van der Waals surface area contributed by atoms with Crippen LogP contribution in [0.1, 0.15) is 50.3 Å². The van der Waals surface area contributed by atoms with Crippen LogP contribution in [-0.4, -0.2) is 24.5 Å². The summed E-state index contributed by atoms with van der Waals surface area (Å²) in [5.74, 6) is 0. The van der Waals surface area contributed by atoms with Gasteiger partial charge in [-0.05, 0) is 48.9 Å². The number of hydrogen-bond acceptors (Lipinski definition) is 2. The maximum absolute atomic E-state index is 3.59. The van der Waals surface area contributed by atoms with Crippen molar-refractivity contribution >= 4 is 0 Å². The molecule has 0 aliphatic carbocycles. The lowest BCUT2D eigenvalue weighted by Crippen LogP contribution is -2.40. The lowest BCUT2D eigenvalue weighted by atomic mass is 9.85. The van der Waals surface area contributed by atoms with E-state index in [1.54, 1.807) is 5.56 Å². The summed E-state index contributed by atoms with van der Waals surface area (Å²) in [6, 6.07) is 9.54. The predicted molar refractivity (Wildman–Crippen MR) is 80.1 cm³/mol. The highest BCUT2D eigenvalue weighted by atomic mass is 15.2. The molecule has 2 nitrogen and oxygen atoms in total. The van der Waals surface area contributed by atoms with Gasteiger partial charge in [-0.1, -0.05) is 38.1 Å². The van der Waals surface area contributed by atoms with Gasteiger partial charge in [0, 0.05) is 19.1 Å². The summed E-state index contributed by atoms with van der Waals surface area (Å²) in [5, 5.41) is 3.59. The van der Waals surface area contributed by atoms with Gasteiger partial charge in [0.1, 0.15) is 0 Å². The largest absolute Gasteiger partial charge is 0.311 e. The number of likely N-dealkylation sites (tertiary alicyclic amines) is 1. The van der Waals surface area contributed by atoms with Crippen LogP contribution >= 0.6 is 0 Å². The van der Waals surface area contributed by atoms with Gasteiger partial charge in [-0.15, -0.1) is 0 Å². The van der Waals surface area contributed by atoms with Crippen LogP contribution in [0.25, 0.3) is 0 Å². The van der Waals surface area contributed by atoms with Crippen molar-refractivity contribution in [3.8, 4) is 0 Å². The maximum atomic E-state index is 3.59. The first-order valence-corrected chi connectivity index (χ1v) is 7.68. The van der Waals surface area contributed by atoms with Crippen molar-refractivity contribution in [3.63, 3.8) is 0 Å². The van der Waals surface area contributed by atoms with E-state index < -0.39 is 0 Å². The molecule has 104 valence electrons. The van der Waals surface area contributed by atoms with Crippen LogP contribution < -0.4 is 5.32 Å². The van der Waals surface area contributed by atoms with Gasteiger partial charge in [0.05, 0.1) is 0 Å². The molecule has 2 heterocycles. The number of benzene rings is 1. The third-order valence-corrected chi connectivity index (χ3v) is 4.88. The summed E-state index contributed by atoms with van der Waals surface area (Å²) in [7, 11) is 0. The monoisotopic (exact) mass is 258 g/mol. The molecule has 3 rings (SSSR count). The molecule has 1 unspecified atom stereocenters. The molecule has 1 aromatic carbocycles. The Morgan fingerprint density at radius 1 is 1.16 bits per heavy atom. The molecule has 0 spiro atoms. The average Bonchev–Trinajstić information content (AvgIpc) is 2.59. The fourth-order valence-electron chi connectivity index (χ4n) is 3.56.